The largest absolute Gasteiger partial charge is 0.348 e. The van der Waals surface area contributed by atoms with Gasteiger partial charge >= 0.3 is 0 Å². The third kappa shape index (κ3) is 1.22. The van der Waals surface area contributed by atoms with Crippen LogP contribution in [-0.2, 0) is 0 Å². The van der Waals surface area contributed by atoms with Crippen LogP contribution >= 0.6 is 0 Å². The third-order valence-electron chi connectivity index (χ3n) is 2.25. The fraction of sp³-hybridized carbons (Fsp3) is 0.273. The van der Waals surface area contributed by atoms with Gasteiger partial charge in [0, 0.05) is 18.4 Å². The van der Waals surface area contributed by atoms with Crippen molar-refractivity contribution >= 4 is 5.69 Å². The Balaban J connectivity index is 2.33. The maximum Gasteiger partial charge on any atom is 0.0435 e. The first-order chi connectivity index (χ1) is 5.88. The van der Waals surface area contributed by atoms with Crippen LogP contribution in [0.3, 0.4) is 0 Å². The van der Waals surface area contributed by atoms with E-state index in [1.165, 1.54) is 17.7 Å². The Morgan fingerprint density at radius 3 is 2.75 bits per heavy atom. The monoisotopic (exact) mass is 159 g/mol. The van der Waals surface area contributed by atoms with Crippen molar-refractivity contribution in [1.82, 2.24) is 0 Å². The summed E-state index contributed by atoms with van der Waals surface area (Å²) in [5.41, 5.74) is 2.69. The van der Waals surface area contributed by atoms with E-state index < -0.39 is 0 Å². The van der Waals surface area contributed by atoms with E-state index >= 15 is 0 Å². The molecule has 1 aromatic carbocycles. The van der Waals surface area contributed by atoms with E-state index in [9.17, 15) is 0 Å². The van der Waals surface area contributed by atoms with Gasteiger partial charge in [-0.2, -0.15) is 0 Å². The van der Waals surface area contributed by atoms with Gasteiger partial charge in [0.2, 0.25) is 0 Å². The number of hydrogen-bond acceptors (Lipinski definition) is 1. The third-order valence-corrected chi connectivity index (χ3v) is 2.25. The van der Waals surface area contributed by atoms with Gasteiger partial charge in [-0.3, -0.25) is 0 Å². The average Bonchev–Trinajstić information content (AvgIpc) is 2.57. The Kier molecular flexibility index (Phi) is 1.86. The molecule has 12 heavy (non-hydrogen) atoms. The number of rotatable bonds is 1. The number of nitrogens with zero attached hydrogens (tertiary/aromatic N) is 1. The topological polar surface area (TPSA) is 3.24 Å². The molecule has 1 aliphatic rings. The molecule has 1 aliphatic heterocycles. The molecule has 0 radical (unpaired) electrons. The molecule has 0 spiro atoms. The molecule has 0 bridgehead atoms. The number of anilines is 1. The predicted molar refractivity (Wildman–Crippen MR) is 52.3 cm³/mol. The normalized spacial score (nSPS) is 15.6. The van der Waals surface area contributed by atoms with E-state index in [4.69, 9.17) is 0 Å². The molecule has 0 aliphatic carbocycles. The number of hydrogen-bond donors (Lipinski definition) is 0. The summed E-state index contributed by atoms with van der Waals surface area (Å²) < 4.78 is 0. The lowest BCUT2D eigenvalue weighted by Gasteiger charge is -2.17. The fourth-order valence-corrected chi connectivity index (χ4v) is 1.58. The second-order valence-electron chi connectivity index (χ2n) is 3.15. The van der Waals surface area contributed by atoms with E-state index in [0.29, 0.717) is 0 Å². The second kappa shape index (κ2) is 3.02. The first-order valence-electron chi connectivity index (χ1n) is 4.37. The molecule has 62 valence electrons. The summed E-state index contributed by atoms with van der Waals surface area (Å²) in [4.78, 5) is 2.30. The van der Waals surface area contributed by atoms with Crippen LogP contribution in [0, 0.1) is 6.92 Å². The van der Waals surface area contributed by atoms with Crippen molar-refractivity contribution in [2.24, 2.45) is 0 Å². The van der Waals surface area contributed by atoms with Gasteiger partial charge in [0.1, 0.15) is 0 Å². The van der Waals surface area contributed by atoms with Gasteiger partial charge in [-0.25, -0.2) is 0 Å². The van der Waals surface area contributed by atoms with Crippen molar-refractivity contribution < 1.29 is 0 Å². The molecule has 1 heterocycles. The molecule has 0 saturated heterocycles. The zero-order valence-electron chi connectivity index (χ0n) is 7.33. The standard InChI is InChI=1S/C11H13N/c1-10-6-2-3-7-11(10)12-8-4-5-9-12/h2-4,6-8H,5,9H2,1H3. The van der Waals surface area contributed by atoms with Crippen molar-refractivity contribution in [2.75, 3.05) is 11.4 Å². The van der Waals surface area contributed by atoms with E-state index in [1.54, 1.807) is 0 Å². The van der Waals surface area contributed by atoms with Gasteiger partial charge in [-0.15, -0.1) is 0 Å². The van der Waals surface area contributed by atoms with Crippen LogP contribution in [0.25, 0.3) is 0 Å². The molecular weight excluding hydrogens is 146 g/mol. The molecule has 0 amide bonds. The maximum absolute atomic E-state index is 2.30. The summed E-state index contributed by atoms with van der Waals surface area (Å²) in [6.45, 7) is 3.28. The van der Waals surface area contributed by atoms with Crippen LogP contribution in [0.15, 0.2) is 36.5 Å². The van der Waals surface area contributed by atoms with Gasteiger partial charge in [-0.1, -0.05) is 24.3 Å². The first-order valence-corrected chi connectivity index (χ1v) is 4.37. The lowest BCUT2D eigenvalue weighted by Crippen LogP contribution is -2.12. The molecular formula is C11H13N. The summed E-state index contributed by atoms with van der Waals surface area (Å²) in [6.07, 6.45) is 5.56. The number of para-hydroxylation sites is 1. The highest BCUT2D eigenvalue weighted by molar-refractivity contribution is 5.56. The highest BCUT2D eigenvalue weighted by atomic mass is 15.1. The minimum atomic E-state index is 1.13. The van der Waals surface area contributed by atoms with Crippen LogP contribution in [0.1, 0.15) is 12.0 Å². The summed E-state index contributed by atoms with van der Waals surface area (Å²) in [5.74, 6) is 0. The van der Waals surface area contributed by atoms with Crippen molar-refractivity contribution in [3.63, 3.8) is 0 Å². The zero-order chi connectivity index (χ0) is 8.39. The minimum absolute atomic E-state index is 1.13. The lowest BCUT2D eigenvalue weighted by atomic mass is 10.2. The number of aryl methyl sites for hydroxylation is 1. The molecule has 1 aromatic rings. The van der Waals surface area contributed by atoms with Crippen LogP contribution in [0.2, 0.25) is 0 Å². The Labute approximate surface area is 73.3 Å². The van der Waals surface area contributed by atoms with E-state index in [1.807, 2.05) is 0 Å². The summed E-state index contributed by atoms with van der Waals surface area (Å²) in [5, 5.41) is 0. The van der Waals surface area contributed by atoms with Crippen LogP contribution in [0.4, 0.5) is 5.69 Å². The second-order valence-corrected chi connectivity index (χ2v) is 3.15. The SMILES string of the molecule is Cc1ccccc1N1C=CCC1. The Hall–Kier alpha value is -1.24. The smallest absolute Gasteiger partial charge is 0.0435 e. The first kappa shape index (κ1) is 7.41. The van der Waals surface area contributed by atoms with Crippen molar-refractivity contribution in [2.45, 2.75) is 13.3 Å². The number of benzene rings is 1. The highest BCUT2D eigenvalue weighted by Gasteiger charge is 2.07. The molecule has 1 heteroatoms. The Morgan fingerprint density at radius 1 is 1.25 bits per heavy atom. The van der Waals surface area contributed by atoms with E-state index in [-0.39, 0.29) is 0 Å². The zero-order valence-corrected chi connectivity index (χ0v) is 7.33. The van der Waals surface area contributed by atoms with Crippen molar-refractivity contribution in [3.8, 4) is 0 Å². The molecule has 0 unspecified atom stereocenters. The molecule has 0 atom stereocenters. The van der Waals surface area contributed by atoms with Crippen LogP contribution in [0.5, 0.6) is 0 Å². The predicted octanol–water partition coefficient (Wildman–Crippen LogP) is 2.72. The molecule has 0 aromatic heterocycles. The molecule has 1 nitrogen and oxygen atoms in total. The van der Waals surface area contributed by atoms with Crippen LogP contribution in [-0.4, -0.2) is 6.54 Å². The molecule has 2 rings (SSSR count). The van der Waals surface area contributed by atoms with Gasteiger partial charge in [0.25, 0.3) is 0 Å². The lowest BCUT2D eigenvalue weighted by molar-refractivity contribution is 0.993. The summed E-state index contributed by atoms with van der Waals surface area (Å²) >= 11 is 0. The van der Waals surface area contributed by atoms with Crippen molar-refractivity contribution in [3.05, 3.63) is 42.1 Å². The Morgan fingerprint density at radius 2 is 2.08 bits per heavy atom. The van der Waals surface area contributed by atoms with E-state index in [2.05, 4.69) is 48.4 Å². The average molecular weight is 159 g/mol. The minimum Gasteiger partial charge on any atom is -0.348 e. The summed E-state index contributed by atoms with van der Waals surface area (Å²) in [6, 6.07) is 8.50. The van der Waals surface area contributed by atoms with Gasteiger partial charge in [0.15, 0.2) is 0 Å². The highest BCUT2D eigenvalue weighted by Crippen LogP contribution is 2.22. The molecule has 0 N–H and O–H groups in total. The quantitative estimate of drug-likeness (QED) is 0.609. The maximum atomic E-state index is 2.30. The Bertz CT molecular complexity index is 302. The summed E-state index contributed by atoms with van der Waals surface area (Å²) in [7, 11) is 0. The molecule has 0 saturated carbocycles. The van der Waals surface area contributed by atoms with Gasteiger partial charge in [-0.05, 0) is 25.0 Å². The molecule has 0 fully saturated rings. The van der Waals surface area contributed by atoms with E-state index in [0.717, 1.165) is 6.54 Å². The van der Waals surface area contributed by atoms with Crippen LogP contribution < -0.4 is 4.90 Å². The van der Waals surface area contributed by atoms with Gasteiger partial charge in [0.05, 0.1) is 0 Å². The van der Waals surface area contributed by atoms with Crippen molar-refractivity contribution in [1.29, 1.82) is 0 Å². The fourth-order valence-electron chi connectivity index (χ4n) is 1.58. The van der Waals surface area contributed by atoms with Gasteiger partial charge < -0.3 is 4.90 Å².